The number of nitrogens with one attached hydrogen (secondary N) is 4. The Balaban J connectivity index is 2.17. The van der Waals surface area contributed by atoms with E-state index in [1.54, 1.807) is 20.0 Å². The Hall–Kier alpha value is -3.58. The molecule has 2 rings (SSSR count). The van der Waals surface area contributed by atoms with Crippen molar-refractivity contribution in [3.63, 3.8) is 0 Å². The number of hydrogen-bond acceptors (Lipinski definition) is 7. The number of amides is 3. The monoisotopic (exact) mass is 563 g/mol. The molecule has 39 heavy (non-hydrogen) atoms. The number of aromatic nitrogens is 1. The van der Waals surface area contributed by atoms with E-state index in [4.69, 9.17) is 10.8 Å². The van der Waals surface area contributed by atoms with Crippen molar-refractivity contribution in [1.29, 1.82) is 0 Å². The number of carbonyl (C=O) groups is 5. The molecule has 4 atom stereocenters. The highest BCUT2D eigenvalue weighted by molar-refractivity contribution is 7.98. The molecule has 0 aliphatic carbocycles. The van der Waals surface area contributed by atoms with Gasteiger partial charge in [-0.05, 0) is 42.4 Å². The van der Waals surface area contributed by atoms with E-state index in [1.165, 1.54) is 11.8 Å². The first kappa shape index (κ1) is 31.6. The van der Waals surface area contributed by atoms with Crippen molar-refractivity contribution in [2.75, 3.05) is 12.0 Å². The minimum Gasteiger partial charge on any atom is -0.481 e. The zero-order valence-corrected chi connectivity index (χ0v) is 23.0. The van der Waals surface area contributed by atoms with Crippen LogP contribution in [0.3, 0.4) is 0 Å². The van der Waals surface area contributed by atoms with E-state index in [9.17, 15) is 29.1 Å². The molecule has 0 bridgehead atoms. The van der Waals surface area contributed by atoms with Crippen LogP contribution in [0.15, 0.2) is 30.5 Å². The predicted octanol–water partition coefficient (Wildman–Crippen LogP) is 0.851. The van der Waals surface area contributed by atoms with Gasteiger partial charge >= 0.3 is 11.9 Å². The Labute approximate surface area is 230 Å². The first-order valence-electron chi connectivity index (χ1n) is 12.6. The van der Waals surface area contributed by atoms with E-state index in [0.717, 1.165) is 10.9 Å². The highest BCUT2D eigenvalue weighted by Gasteiger charge is 2.32. The highest BCUT2D eigenvalue weighted by Crippen LogP contribution is 2.19. The second kappa shape index (κ2) is 15.1. The van der Waals surface area contributed by atoms with Gasteiger partial charge in [-0.2, -0.15) is 11.8 Å². The van der Waals surface area contributed by atoms with Gasteiger partial charge in [0.05, 0.1) is 6.04 Å². The molecule has 1 heterocycles. The van der Waals surface area contributed by atoms with Crippen molar-refractivity contribution < 1.29 is 34.2 Å². The van der Waals surface area contributed by atoms with Crippen molar-refractivity contribution in [2.45, 2.75) is 63.7 Å². The maximum atomic E-state index is 13.1. The molecule has 1 aromatic heterocycles. The number of carboxylic acid groups (broad SMARTS) is 2. The molecular weight excluding hydrogens is 526 g/mol. The van der Waals surface area contributed by atoms with Crippen LogP contribution in [0.5, 0.6) is 0 Å². The van der Waals surface area contributed by atoms with Gasteiger partial charge in [-0.3, -0.25) is 19.2 Å². The molecule has 2 aromatic rings. The maximum Gasteiger partial charge on any atom is 0.326 e. The third-order valence-electron chi connectivity index (χ3n) is 6.21. The van der Waals surface area contributed by atoms with E-state index >= 15 is 0 Å². The molecule has 0 radical (unpaired) electrons. The summed E-state index contributed by atoms with van der Waals surface area (Å²) in [7, 11) is 0. The predicted molar refractivity (Wildman–Crippen MR) is 148 cm³/mol. The Morgan fingerprint density at radius 2 is 1.62 bits per heavy atom. The van der Waals surface area contributed by atoms with Gasteiger partial charge in [0.25, 0.3) is 0 Å². The van der Waals surface area contributed by atoms with Crippen molar-refractivity contribution in [3.05, 3.63) is 36.0 Å². The van der Waals surface area contributed by atoms with Crippen LogP contribution in [0.4, 0.5) is 0 Å². The van der Waals surface area contributed by atoms with E-state index in [2.05, 4.69) is 20.9 Å². The van der Waals surface area contributed by atoms with Crippen LogP contribution < -0.4 is 21.7 Å². The van der Waals surface area contributed by atoms with Crippen molar-refractivity contribution in [3.8, 4) is 0 Å². The molecule has 4 unspecified atom stereocenters. The number of rotatable bonds is 16. The van der Waals surface area contributed by atoms with Crippen LogP contribution in [-0.4, -0.2) is 81.0 Å². The normalized spacial score (nSPS) is 14.3. The van der Waals surface area contributed by atoms with Crippen LogP contribution in [0.2, 0.25) is 0 Å². The van der Waals surface area contributed by atoms with Crippen molar-refractivity contribution in [2.24, 2.45) is 11.7 Å². The molecule has 0 aliphatic rings. The van der Waals surface area contributed by atoms with Gasteiger partial charge in [-0.1, -0.05) is 32.0 Å². The molecule has 8 N–H and O–H groups in total. The number of benzene rings is 1. The summed E-state index contributed by atoms with van der Waals surface area (Å²) in [5, 5.41) is 27.3. The molecule has 13 heteroatoms. The quantitative estimate of drug-likeness (QED) is 0.154. The second-order valence-corrected chi connectivity index (χ2v) is 10.6. The molecule has 0 saturated heterocycles. The first-order chi connectivity index (χ1) is 18.4. The summed E-state index contributed by atoms with van der Waals surface area (Å²) < 4.78 is 0. The SMILES string of the molecule is CSCCC(N)C(=O)NC(C(=O)NC(CCC(=O)O)C(=O)NC(Cc1c[nH]c2ccccc12)C(=O)O)C(C)C. The van der Waals surface area contributed by atoms with Gasteiger partial charge in [0.1, 0.15) is 18.1 Å². The third-order valence-corrected chi connectivity index (χ3v) is 6.85. The summed E-state index contributed by atoms with van der Waals surface area (Å²) in [5.74, 6) is -4.26. The van der Waals surface area contributed by atoms with E-state index in [0.29, 0.717) is 17.7 Å². The fourth-order valence-electron chi connectivity index (χ4n) is 3.96. The topological polar surface area (TPSA) is 204 Å². The lowest BCUT2D eigenvalue weighted by Crippen LogP contribution is -2.58. The molecule has 0 saturated carbocycles. The van der Waals surface area contributed by atoms with Gasteiger partial charge in [0.2, 0.25) is 17.7 Å². The molecule has 0 aliphatic heterocycles. The summed E-state index contributed by atoms with van der Waals surface area (Å²) >= 11 is 1.53. The van der Waals surface area contributed by atoms with Crippen LogP contribution in [0.25, 0.3) is 10.9 Å². The van der Waals surface area contributed by atoms with Crippen LogP contribution in [-0.2, 0) is 30.4 Å². The molecule has 1 aromatic carbocycles. The molecule has 3 amide bonds. The van der Waals surface area contributed by atoms with Gasteiger partial charge in [-0.15, -0.1) is 0 Å². The number of thioether (sulfide) groups is 1. The Bertz CT molecular complexity index is 1170. The number of carbonyl (C=O) groups excluding carboxylic acids is 3. The van der Waals surface area contributed by atoms with Crippen molar-refractivity contribution >= 4 is 52.3 Å². The zero-order chi connectivity index (χ0) is 29.1. The second-order valence-electron chi connectivity index (χ2n) is 9.57. The number of para-hydroxylation sites is 1. The first-order valence-corrected chi connectivity index (χ1v) is 14.0. The molecule has 12 nitrogen and oxygen atoms in total. The minimum atomic E-state index is -1.35. The van der Waals surface area contributed by atoms with E-state index in [1.807, 2.05) is 30.5 Å². The smallest absolute Gasteiger partial charge is 0.326 e. The summed E-state index contributed by atoms with van der Waals surface area (Å²) in [4.78, 5) is 65.0. The fourth-order valence-corrected chi connectivity index (χ4v) is 4.45. The van der Waals surface area contributed by atoms with Gasteiger partial charge < -0.3 is 36.9 Å². The molecular formula is C26H37N5O7S. The largest absolute Gasteiger partial charge is 0.481 e. The number of carboxylic acids is 2. The van der Waals surface area contributed by atoms with Gasteiger partial charge in [0.15, 0.2) is 0 Å². The van der Waals surface area contributed by atoms with Gasteiger partial charge in [0, 0.05) is 29.9 Å². The van der Waals surface area contributed by atoms with E-state index < -0.39 is 60.2 Å². The number of aromatic amines is 1. The average molecular weight is 564 g/mol. The number of H-pyrrole nitrogens is 1. The molecule has 214 valence electrons. The standard InChI is InChI=1S/C26H37N5O7S/c1-14(2)22(31-23(34)17(27)10-11-39-3)25(36)29-19(8-9-21(32)33)24(35)30-20(26(37)38)12-15-13-28-18-7-5-4-6-16(15)18/h4-7,13-14,17,19-20,22,28H,8-12,27H2,1-3H3,(H,29,36)(H,30,35)(H,31,34)(H,32,33)(H,37,38). The number of fused-ring (bicyclic) bond motifs is 1. The fraction of sp³-hybridized carbons (Fsp3) is 0.500. The molecule has 0 fully saturated rings. The molecule has 0 spiro atoms. The maximum absolute atomic E-state index is 13.1. The Morgan fingerprint density at radius 3 is 2.23 bits per heavy atom. The van der Waals surface area contributed by atoms with Gasteiger partial charge in [-0.25, -0.2) is 4.79 Å². The lowest BCUT2D eigenvalue weighted by atomic mass is 10.0. The lowest BCUT2D eigenvalue weighted by Gasteiger charge is -2.27. The third kappa shape index (κ3) is 9.59. The Morgan fingerprint density at radius 1 is 0.949 bits per heavy atom. The summed E-state index contributed by atoms with van der Waals surface area (Å²) in [6.07, 6.45) is 3.19. The number of hydrogen-bond donors (Lipinski definition) is 7. The Kier molecular flexibility index (Phi) is 12.3. The summed E-state index contributed by atoms with van der Waals surface area (Å²) in [6, 6.07) is 2.76. The zero-order valence-electron chi connectivity index (χ0n) is 22.2. The average Bonchev–Trinajstić information content (AvgIpc) is 3.29. The summed E-state index contributed by atoms with van der Waals surface area (Å²) in [5.41, 5.74) is 7.39. The van der Waals surface area contributed by atoms with Crippen LogP contribution in [0, 0.1) is 5.92 Å². The van der Waals surface area contributed by atoms with Crippen molar-refractivity contribution in [1.82, 2.24) is 20.9 Å². The lowest BCUT2D eigenvalue weighted by molar-refractivity contribution is -0.143. The minimum absolute atomic E-state index is 0.0384. The number of nitrogens with two attached hydrogens (primary N) is 1. The highest BCUT2D eigenvalue weighted by atomic mass is 32.2. The number of aliphatic carboxylic acids is 2. The summed E-state index contributed by atoms with van der Waals surface area (Å²) in [6.45, 7) is 3.40. The van der Waals surface area contributed by atoms with Crippen LogP contribution in [0.1, 0.15) is 38.7 Å². The van der Waals surface area contributed by atoms with E-state index in [-0.39, 0.29) is 18.8 Å². The van der Waals surface area contributed by atoms with Crippen LogP contribution >= 0.6 is 11.8 Å².